The molecule has 0 spiro atoms. The van der Waals surface area contributed by atoms with Gasteiger partial charge in [0.1, 0.15) is 28.3 Å². The van der Waals surface area contributed by atoms with E-state index in [1.54, 1.807) is 0 Å². The molecule has 7 rings (SSSR count). The molecule has 5 aromatic carbocycles. The third-order valence-corrected chi connectivity index (χ3v) is 9.66. The van der Waals surface area contributed by atoms with Crippen molar-refractivity contribution in [2.24, 2.45) is 0 Å². The summed E-state index contributed by atoms with van der Waals surface area (Å²) in [5, 5.41) is 2.07. The van der Waals surface area contributed by atoms with Crippen LogP contribution >= 0.6 is 7.14 Å². The Labute approximate surface area is 211 Å². The maximum Gasteiger partial charge on any atom is 0.185 e. The average molecular weight is 489 g/mol. The number of ether oxygens (including phenoxy) is 2. The van der Waals surface area contributed by atoms with Crippen molar-refractivity contribution >= 4 is 23.1 Å². The summed E-state index contributed by atoms with van der Waals surface area (Å²) in [5.41, 5.74) is 4.03. The van der Waals surface area contributed by atoms with Gasteiger partial charge in [0.05, 0.1) is 10.6 Å². The smallest absolute Gasteiger partial charge is 0.185 e. The number of hydrogen-bond donors (Lipinski definition) is 0. The second-order valence-electron chi connectivity index (χ2n) is 8.48. The SMILES string of the molecule is CC.O=P12c3cc(-c4ccccc4)ccc3Oc3cccc(c31)Oc1c(-c3ccccc3)cccc12. The molecular formula is C32H25O3P. The van der Waals surface area contributed by atoms with Crippen molar-refractivity contribution in [1.82, 2.24) is 0 Å². The molecule has 176 valence electrons. The molecule has 0 N–H and O–H groups in total. The molecule has 0 radical (unpaired) electrons. The third kappa shape index (κ3) is 3.31. The van der Waals surface area contributed by atoms with E-state index >= 15 is 4.57 Å². The summed E-state index contributed by atoms with van der Waals surface area (Å²) in [5.74, 6) is 2.47. The Balaban J connectivity index is 0.00000117. The van der Waals surface area contributed by atoms with E-state index in [0.717, 1.165) is 22.3 Å². The van der Waals surface area contributed by atoms with Gasteiger partial charge >= 0.3 is 0 Å². The lowest BCUT2D eigenvalue weighted by Gasteiger charge is -2.35. The second kappa shape index (κ2) is 8.86. The van der Waals surface area contributed by atoms with Crippen LogP contribution in [0.15, 0.2) is 115 Å². The molecule has 0 fully saturated rings. The Morgan fingerprint density at radius 1 is 0.528 bits per heavy atom. The van der Waals surface area contributed by atoms with Gasteiger partial charge in [-0.1, -0.05) is 98.8 Å². The van der Waals surface area contributed by atoms with Crippen LogP contribution in [0.1, 0.15) is 13.8 Å². The van der Waals surface area contributed by atoms with Gasteiger partial charge in [0.15, 0.2) is 7.14 Å². The lowest BCUT2D eigenvalue weighted by Crippen LogP contribution is -2.35. The first kappa shape index (κ1) is 22.4. The fraction of sp³-hybridized carbons (Fsp3) is 0.0625. The van der Waals surface area contributed by atoms with Gasteiger partial charge in [-0.3, -0.25) is 0 Å². The van der Waals surface area contributed by atoms with E-state index in [1.807, 2.05) is 117 Å². The van der Waals surface area contributed by atoms with Crippen molar-refractivity contribution in [3.63, 3.8) is 0 Å². The third-order valence-electron chi connectivity index (χ3n) is 6.53. The van der Waals surface area contributed by atoms with E-state index in [4.69, 9.17) is 9.47 Å². The van der Waals surface area contributed by atoms with Crippen molar-refractivity contribution in [3.8, 4) is 45.3 Å². The minimum absolute atomic E-state index is 0.590. The first-order valence-electron chi connectivity index (χ1n) is 12.2. The molecule has 4 heteroatoms. The average Bonchev–Trinajstić information content (AvgIpc) is 2.95. The maximum atomic E-state index is 15.3. The molecule has 3 nitrogen and oxygen atoms in total. The van der Waals surface area contributed by atoms with Crippen molar-refractivity contribution in [3.05, 3.63) is 115 Å². The van der Waals surface area contributed by atoms with Crippen LogP contribution in [0.25, 0.3) is 22.3 Å². The van der Waals surface area contributed by atoms with Gasteiger partial charge in [0.2, 0.25) is 0 Å². The van der Waals surface area contributed by atoms with Crippen LogP contribution in [0.3, 0.4) is 0 Å². The summed E-state index contributed by atoms with van der Waals surface area (Å²) < 4.78 is 28.1. The van der Waals surface area contributed by atoms with Crippen molar-refractivity contribution < 1.29 is 14.0 Å². The molecule has 0 amide bonds. The summed E-state index contributed by atoms with van der Waals surface area (Å²) in [4.78, 5) is 0. The monoisotopic (exact) mass is 488 g/mol. The van der Waals surface area contributed by atoms with E-state index in [1.165, 1.54) is 0 Å². The highest BCUT2D eigenvalue weighted by Gasteiger charge is 2.47. The summed E-state index contributed by atoms with van der Waals surface area (Å²) in [6, 6.07) is 37.8. The van der Waals surface area contributed by atoms with Crippen molar-refractivity contribution in [1.29, 1.82) is 0 Å². The van der Waals surface area contributed by atoms with Gasteiger partial charge in [-0.05, 0) is 47.0 Å². The normalized spacial score (nSPS) is 16.2. The molecular weight excluding hydrogens is 463 g/mol. The zero-order valence-corrected chi connectivity index (χ0v) is 21.0. The highest BCUT2D eigenvalue weighted by atomic mass is 31.2. The molecule has 0 saturated carbocycles. The van der Waals surface area contributed by atoms with Crippen LogP contribution in [-0.4, -0.2) is 0 Å². The lowest BCUT2D eigenvalue weighted by atomic mass is 10.0. The van der Waals surface area contributed by atoms with Crippen molar-refractivity contribution in [2.75, 3.05) is 0 Å². The molecule has 2 heterocycles. The molecule has 5 aromatic rings. The van der Waals surface area contributed by atoms with Gasteiger partial charge < -0.3 is 14.0 Å². The number of fused-ring (bicyclic) bond motifs is 4. The molecule has 36 heavy (non-hydrogen) atoms. The van der Waals surface area contributed by atoms with Gasteiger partial charge in [0.25, 0.3) is 0 Å². The Bertz CT molecular complexity index is 1620. The van der Waals surface area contributed by atoms with Gasteiger partial charge in [0, 0.05) is 5.56 Å². The predicted octanol–water partition coefficient (Wildman–Crippen LogP) is 7.90. The highest BCUT2D eigenvalue weighted by Crippen LogP contribution is 2.59. The molecule has 0 bridgehead atoms. The molecule has 0 aromatic heterocycles. The summed E-state index contributed by atoms with van der Waals surface area (Å²) >= 11 is 0. The predicted molar refractivity (Wildman–Crippen MR) is 148 cm³/mol. The Kier molecular flexibility index (Phi) is 5.51. The topological polar surface area (TPSA) is 35.5 Å². The molecule has 1 unspecified atom stereocenters. The number of hydrogen-bond acceptors (Lipinski definition) is 3. The van der Waals surface area contributed by atoms with E-state index in [2.05, 4.69) is 12.1 Å². The molecule has 0 aliphatic carbocycles. The van der Waals surface area contributed by atoms with E-state index in [0.29, 0.717) is 38.9 Å². The van der Waals surface area contributed by atoms with Gasteiger partial charge in [-0.2, -0.15) is 0 Å². The lowest BCUT2D eigenvalue weighted by molar-refractivity contribution is 0.462. The van der Waals surface area contributed by atoms with Crippen LogP contribution in [-0.2, 0) is 4.57 Å². The maximum absolute atomic E-state index is 15.3. The van der Waals surface area contributed by atoms with E-state index < -0.39 is 7.14 Å². The number of benzene rings is 5. The Morgan fingerprint density at radius 2 is 1.17 bits per heavy atom. The summed E-state index contributed by atoms with van der Waals surface area (Å²) in [6.07, 6.45) is 0. The standard InChI is InChI=1S/C30H19O3P.C2H6/c31-34-27-16-7-13-23(21-11-5-2-6-12-21)29(27)33-26-15-8-14-25(30(26)34)32-24-18-17-22(19-28(24)34)20-9-3-1-4-10-20;1-2/h1-19H;1-2H3. The quantitative estimate of drug-likeness (QED) is 0.232. The van der Waals surface area contributed by atoms with Gasteiger partial charge in [-0.15, -0.1) is 0 Å². The van der Waals surface area contributed by atoms with Crippen LogP contribution < -0.4 is 25.4 Å². The molecule has 1 atom stereocenters. The minimum atomic E-state index is -3.26. The van der Waals surface area contributed by atoms with Crippen LogP contribution in [0, 0.1) is 0 Å². The molecule has 0 saturated heterocycles. The first-order valence-corrected chi connectivity index (χ1v) is 13.9. The van der Waals surface area contributed by atoms with E-state index in [-0.39, 0.29) is 0 Å². The van der Waals surface area contributed by atoms with Crippen LogP contribution in [0.2, 0.25) is 0 Å². The van der Waals surface area contributed by atoms with Crippen LogP contribution in [0.4, 0.5) is 0 Å². The van der Waals surface area contributed by atoms with E-state index in [9.17, 15) is 0 Å². The number of para-hydroxylation sites is 1. The fourth-order valence-corrected chi connectivity index (χ4v) is 8.06. The summed E-state index contributed by atoms with van der Waals surface area (Å²) in [7, 11) is -3.26. The zero-order chi connectivity index (χ0) is 24.7. The number of rotatable bonds is 2. The largest absolute Gasteiger partial charge is 0.456 e. The minimum Gasteiger partial charge on any atom is -0.456 e. The second-order valence-corrected chi connectivity index (χ2v) is 11.1. The highest BCUT2D eigenvalue weighted by molar-refractivity contribution is 7.86. The van der Waals surface area contributed by atoms with Crippen molar-refractivity contribution in [2.45, 2.75) is 13.8 Å². The Hall–Kier alpha value is -4.07. The summed E-state index contributed by atoms with van der Waals surface area (Å²) in [6.45, 7) is 4.00. The molecule has 2 aliphatic heterocycles. The molecule has 2 aliphatic rings. The Morgan fingerprint density at radius 3 is 1.89 bits per heavy atom. The zero-order valence-electron chi connectivity index (χ0n) is 20.1. The van der Waals surface area contributed by atoms with Crippen LogP contribution in [0.5, 0.6) is 23.0 Å². The fourth-order valence-electron chi connectivity index (χ4n) is 4.96. The first-order chi connectivity index (χ1) is 17.7. The van der Waals surface area contributed by atoms with Gasteiger partial charge in [-0.25, -0.2) is 0 Å².